The first kappa shape index (κ1) is 18.2. The zero-order valence-electron chi connectivity index (χ0n) is 14.0. The van der Waals surface area contributed by atoms with E-state index in [0.29, 0.717) is 16.4 Å². The molecule has 3 aromatic rings. The van der Waals surface area contributed by atoms with Crippen molar-refractivity contribution in [1.29, 1.82) is 0 Å². The highest BCUT2D eigenvalue weighted by molar-refractivity contribution is 6.35. The first-order valence-electron chi connectivity index (χ1n) is 7.75. The normalized spacial score (nSPS) is 10.3. The number of ketones is 1. The molecule has 134 valence electrons. The standard InChI is InChI=1S/C18H12ClN5O3/c1-11-17(16(25)10-21-20)18(14-4-2-3-5-15(14)24(26)27)23(22-11)13-8-6-12(19)7-9-13/h2-10H,1H3. The van der Waals surface area contributed by atoms with Gasteiger partial charge in [0.1, 0.15) is 0 Å². The quantitative estimate of drug-likeness (QED) is 0.166. The number of aromatic nitrogens is 2. The molecule has 3 rings (SSSR count). The largest absolute Gasteiger partial charge is 0.361 e. The lowest BCUT2D eigenvalue weighted by atomic mass is 10.0. The molecule has 2 aromatic carbocycles. The van der Waals surface area contributed by atoms with Crippen molar-refractivity contribution in [3.63, 3.8) is 0 Å². The van der Waals surface area contributed by atoms with Crippen LogP contribution in [0.15, 0.2) is 48.5 Å². The van der Waals surface area contributed by atoms with Gasteiger partial charge in [-0.3, -0.25) is 14.9 Å². The number of carbonyl (C=O) groups is 1. The summed E-state index contributed by atoms with van der Waals surface area (Å²) in [5, 5.41) is 16.4. The van der Waals surface area contributed by atoms with E-state index in [0.717, 1.165) is 6.21 Å². The van der Waals surface area contributed by atoms with Crippen LogP contribution in [-0.4, -0.2) is 31.5 Å². The first-order valence-corrected chi connectivity index (χ1v) is 8.13. The Labute approximate surface area is 158 Å². The van der Waals surface area contributed by atoms with Crippen molar-refractivity contribution in [2.24, 2.45) is 0 Å². The lowest BCUT2D eigenvalue weighted by Crippen LogP contribution is -2.07. The molecule has 1 aromatic heterocycles. The fourth-order valence-electron chi connectivity index (χ4n) is 2.79. The Bertz CT molecular complexity index is 1100. The molecule has 0 saturated carbocycles. The second-order valence-electron chi connectivity index (χ2n) is 5.58. The minimum absolute atomic E-state index is 0.108. The van der Waals surface area contributed by atoms with Crippen LogP contribution in [0.5, 0.6) is 0 Å². The summed E-state index contributed by atoms with van der Waals surface area (Å²) in [4.78, 5) is 26.2. The zero-order valence-corrected chi connectivity index (χ0v) is 14.8. The van der Waals surface area contributed by atoms with E-state index in [1.807, 2.05) is 0 Å². The number of para-hydroxylation sites is 1. The molecule has 27 heavy (non-hydrogen) atoms. The summed E-state index contributed by atoms with van der Waals surface area (Å²) in [6, 6.07) is 12.7. The van der Waals surface area contributed by atoms with Gasteiger partial charge in [0.05, 0.1) is 33.1 Å². The predicted molar refractivity (Wildman–Crippen MR) is 99.4 cm³/mol. The van der Waals surface area contributed by atoms with Crippen molar-refractivity contribution in [2.75, 3.05) is 0 Å². The Balaban J connectivity index is 2.39. The summed E-state index contributed by atoms with van der Waals surface area (Å²) in [5.41, 5.74) is 10.0. The molecular formula is C18H12ClN5O3. The molecule has 0 spiro atoms. The van der Waals surface area contributed by atoms with E-state index in [-0.39, 0.29) is 22.5 Å². The highest BCUT2D eigenvalue weighted by Gasteiger charge is 2.28. The average Bonchev–Trinajstić information content (AvgIpc) is 2.99. The van der Waals surface area contributed by atoms with Gasteiger partial charge in [0.25, 0.3) is 11.5 Å². The highest BCUT2D eigenvalue weighted by Crippen LogP contribution is 2.35. The summed E-state index contributed by atoms with van der Waals surface area (Å²) in [6.07, 6.45) is 0.731. The van der Waals surface area contributed by atoms with Crippen LogP contribution in [0.25, 0.3) is 22.5 Å². The number of benzene rings is 2. The Morgan fingerprint density at radius 2 is 1.93 bits per heavy atom. The highest BCUT2D eigenvalue weighted by atomic mass is 35.5. The van der Waals surface area contributed by atoms with Crippen molar-refractivity contribution in [3.05, 3.63) is 80.5 Å². The molecule has 0 aliphatic rings. The van der Waals surface area contributed by atoms with E-state index in [2.05, 4.69) is 9.89 Å². The number of aryl methyl sites for hydroxylation is 1. The topological polar surface area (TPSA) is 114 Å². The van der Waals surface area contributed by atoms with Gasteiger partial charge in [0, 0.05) is 11.1 Å². The van der Waals surface area contributed by atoms with Crippen LogP contribution in [0.1, 0.15) is 16.1 Å². The maximum absolute atomic E-state index is 12.5. The van der Waals surface area contributed by atoms with Crippen LogP contribution in [0.3, 0.4) is 0 Å². The molecule has 0 amide bonds. The van der Waals surface area contributed by atoms with E-state index < -0.39 is 10.7 Å². The monoisotopic (exact) mass is 381 g/mol. The molecule has 0 radical (unpaired) electrons. The van der Waals surface area contributed by atoms with Crippen molar-refractivity contribution in [3.8, 4) is 16.9 Å². The SMILES string of the molecule is Cc1nn(-c2ccc(Cl)cc2)c(-c2ccccc2[N+](=O)[O-])c1C(=O)C=[N+]=[N-]. The second-order valence-corrected chi connectivity index (χ2v) is 6.02. The zero-order chi connectivity index (χ0) is 19.6. The predicted octanol–water partition coefficient (Wildman–Crippen LogP) is 3.89. The van der Waals surface area contributed by atoms with Crippen molar-refractivity contribution in [1.82, 2.24) is 9.78 Å². The minimum atomic E-state index is -0.622. The molecule has 0 N–H and O–H groups in total. The van der Waals surface area contributed by atoms with Crippen LogP contribution in [0.2, 0.25) is 5.02 Å². The van der Waals surface area contributed by atoms with Crippen molar-refractivity contribution < 1.29 is 14.5 Å². The summed E-state index contributed by atoms with van der Waals surface area (Å²) in [7, 11) is 0. The molecule has 0 unspecified atom stereocenters. The van der Waals surface area contributed by atoms with Crippen molar-refractivity contribution >= 4 is 29.3 Å². The van der Waals surface area contributed by atoms with Gasteiger partial charge >= 0.3 is 6.21 Å². The van der Waals surface area contributed by atoms with Crippen LogP contribution in [0.4, 0.5) is 5.69 Å². The maximum Gasteiger partial charge on any atom is 0.328 e. The van der Waals surface area contributed by atoms with Gasteiger partial charge in [-0.1, -0.05) is 23.7 Å². The smallest absolute Gasteiger partial charge is 0.328 e. The van der Waals surface area contributed by atoms with E-state index in [1.54, 1.807) is 37.3 Å². The van der Waals surface area contributed by atoms with Crippen LogP contribution < -0.4 is 0 Å². The Morgan fingerprint density at radius 1 is 1.26 bits per heavy atom. The average molecular weight is 382 g/mol. The number of carbonyl (C=O) groups excluding carboxylic acids is 1. The van der Waals surface area contributed by atoms with Gasteiger partial charge in [-0.25, -0.2) is 4.68 Å². The van der Waals surface area contributed by atoms with Crippen molar-refractivity contribution in [2.45, 2.75) is 6.92 Å². The van der Waals surface area contributed by atoms with Gasteiger partial charge in [0.2, 0.25) is 0 Å². The van der Waals surface area contributed by atoms with E-state index in [9.17, 15) is 14.9 Å². The molecule has 8 nitrogen and oxygen atoms in total. The third kappa shape index (κ3) is 3.39. The molecule has 0 atom stereocenters. The van der Waals surface area contributed by atoms with Gasteiger partial charge < -0.3 is 5.53 Å². The molecule has 0 fully saturated rings. The maximum atomic E-state index is 12.5. The number of Topliss-reactive ketones (excluding diaryl/α,β-unsaturated/α-hetero) is 1. The van der Waals surface area contributed by atoms with Gasteiger partial charge in [-0.15, -0.1) is 0 Å². The fourth-order valence-corrected chi connectivity index (χ4v) is 2.92. The van der Waals surface area contributed by atoms with Crippen LogP contribution in [0, 0.1) is 17.0 Å². The Morgan fingerprint density at radius 3 is 2.56 bits per heavy atom. The number of nitrogens with zero attached hydrogens (tertiary/aromatic N) is 5. The molecular weight excluding hydrogens is 370 g/mol. The lowest BCUT2D eigenvalue weighted by Gasteiger charge is -2.09. The third-order valence-electron chi connectivity index (χ3n) is 3.91. The van der Waals surface area contributed by atoms with Crippen LogP contribution >= 0.6 is 11.6 Å². The van der Waals surface area contributed by atoms with E-state index >= 15 is 0 Å². The molecule has 9 heteroatoms. The minimum Gasteiger partial charge on any atom is -0.361 e. The van der Waals surface area contributed by atoms with Gasteiger partial charge in [0.15, 0.2) is 0 Å². The summed E-state index contributed by atoms with van der Waals surface area (Å²) < 4.78 is 1.44. The fraction of sp³-hybridized carbons (Fsp3) is 0.0556. The van der Waals surface area contributed by atoms with E-state index in [1.165, 1.54) is 22.9 Å². The Kier molecular flexibility index (Phi) is 4.94. The number of nitro groups is 1. The van der Waals surface area contributed by atoms with Crippen LogP contribution in [-0.2, 0) is 0 Å². The van der Waals surface area contributed by atoms with E-state index in [4.69, 9.17) is 17.1 Å². The second kappa shape index (κ2) is 7.33. The summed E-state index contributed by atoms with van der Waals surface area (Å²) in [5.74, 6) is -0.622. The number of hydrogen-bond donors (Lipinski definition) is 0. The summed E-state index contributed by atoms with van der Waals surface area (Å²) >= 11 is 5.93. The molecule has 0 aliphatic heterocycles. The summed E-state index contributed by atoms with van der Waals surface area (Å²) in [6.45, 7) is 1.60. The number of halogens is 1. The number of hydrogen-bond acceptors (Lipinski definition) is 4. The Hall–Kier alpha value is -3.61. The van der Waals surface area contributed by atoms with Gasteiger partial charge in [-0.05, 0) is 37.3 Å². The number of nitro benzene ring substituents is 1. The molecule has 1 heterocycles. The molecule has 0 saturated heterocycles. The third-order valence-corrected chi connectivity index (χ3v) is 4.16. The number of rotatable bonds is 5. The molecule has 0 bridgehead atoms. The first-order chi connectivity index (χ1) is 12.9. The van der Waals surface area contributed by atoms with Gasteiger partial charge in [-0.2, -0.15) is 9.89 Å². The lowest BCUT2D eigenvalue weighted by molar-refractivity contribution is -0.384. The molecule has 0 aliphatic carbocycles.